The Morgan fingerprint density at radius 3 is 3.12 bits per heavy atom. The van der Waals surface area contributed by atoms with Crippen molar-refractivity contribution in [3.8, 4) is 6.07 Å². The third kappa shape index (κ3) is 3.18. The molecule has 1 heterocycles. The molecule has 0 saturated heterocycles. The number of nitriles is 1. The molecule has 0 bridgehead atoms. The van der Waals surface area contributed by atoms with Crippen molar-refractivity contribution in [2.75, 3.05) is 0 Å². The zero-order valence-corrected chi connectivity index (χ0v) is 11.6. The van der Waals surface area contributed by atoms with E-state index in [0.29, 0.717) is 11.3 Å². The highest BCUT2D eigenvalue weighted by molar-refractivity contribution is 8.01. The van der Waals surface area contributed by atoms with Crippen LogP contribution in [0.25, 0.3) is 0 Å². The Kier molecular flexibility index (Phi) is 4.02. The SMILES string of the molecule is CC(C)NC1(C#N)CCC(Sc2ncns2)C1. The average Bonchev–Trinajstić information content (AvgIpc) is 2.89. The topological polar surface area (TPSA) is 61.6 Å². The molecule has 2 unspecified atom stereocenters. The Balaban J connectivity index is 1.96. The van der Waals surface area contributed by atoms with E-state index in [-0.39, 0.29) is 5.54 Å². The lowest BCUT2D eigenvalue weighted by molar-refractivity contribution is 0.386. The van der Waals surface area contributed by atoms with Gasteiger partial charge in [0, 0.05) is 11.3 Å². The number of aromatic nitrogens is 2. The van der Waals surface area contributed by atoms with Gasteiger partial charge in [0.05, 0.1) is 6.07 Å². The third-order valence-electron chi connectivity index (χ3n) is 2.86. The van der Waals surface area contributed by atoms with Crippen molar-refractivity contribution in [2.45, 2.75) is 54.3 Å². The van der Waals surface area contributed by atoms with Crippen molar-refractivity contribution in [3.63, 3.8) is 0 Å². The van der Waals surface area contributed by atoms with Crippen LogP contribution in [0.2, 0.25) is 0 Å². The molecule has 17 heavy (non-hydrogen) atoms. The molecular weight excluding hydrogens is 252 g/mol. The minimum atomic E-state index is -0.337. The molecule has 1 aliphatic carbocycles. The molecule has 1 aliphatic rings. The second-order valence-electron chi connectivity index (χ2n) is 4.68. The van der Waals surface area contributed by atoms with Crippen molar-refractivity contribution in [2.24, 2.45) is 0 Å². The van der Waals surface area contributed by atoms with E-state index in [2.05, 4.69) is 34.6 Å². The van der Waals surface area contributed by atoms with E-state index in [1.807, 2.05) is 0 Å². The lowest BCUT2D eigenvalue weighted by Crippen LogP contribution is -2.45. The second-order valence-corrected chi connectivity index (χ2v) is 7.01. The maximum Gasteiger partial charge on any atom is 0.170 e. The lowest BCUT2D eigenvalue weighted by Gasteiger charge is -2.25. The summed E-state index contributed by atoms with van der Waals surface area (Å²) in [6.07, 6.45) is 4.48. The summed E-state index contributed by atoms with van der Waals surface area (Å²) in [5, 5.41) is 13.2. The van der Waals surface area contributed by atoms with E-state index in [0.717, 1.165) is 23.6 Å². The van der Waals surface area contributed by atoms with Gasteiger partial charge in [-0.3, -0.25) is 5.32 Å². The second kappa shape index (κ2) is 5.34. The minimum absolute atomic E-state index is 0.337. The number of rotatable bonds is 4. The van der Waals surface area contributed by atoms with Crippen LogP contribution in [0.5, 0.6) is 0 Å². The molecule has 0 radical (unpaired) electrons. The van der Waals surface area contributed by atoms with Crippen molar-refractivity contribution in [3.05, 3.63) is 6.33 Å². The van der Waals surface area contributed by atoms with Crippen LogP contribution in [-0.4, -0.2) is 26.2 Å². The molecule has 92 valence electrons. The van der Waals surface area contributed by atoms with Crippen molar-refractivity contribution < 1.29 is 0 Å². The minimum Gasteiger partial charge on any atom is -0.297 e. The Morgan fingerprint density at radius 1 is 1.71 bits per heavy atom. The van der Waals surface area contributed by atoms with Gasteiger partial charge in [0.25, 0.3) is 0 Å². The van der Waals surface area contributed by atoms with Crippen molar-refractivity contribution in [1.82, 2.24) is 14.7 Å². The molecule has 1 fully saturated rings. The van der Waals surface area contributed by atoms with E-state index in [1.165, 1.54) is 11.5 Å². The Labute approximate surface area is 110 Å². The Bertz CT molecular complexity index is 398. The van der Waals surface area contributed by atoms with Gasteiger partial charge in [-0.25, -0.2) is 4.98 Å². The summed E-state index contributed by atoms with van der Waals surface area (Å²) in [6, 6.07) is 2.81. The fourth-order valence-electron chi connectivity index (χ4n) is 2.28. The van der Waals surface area contributed by atoms with Gasteiger partial charge >= 0.3 is 0 Å². The summed E-state index contributed by atoms with van der Waals surface area (Å²) in [5.74, 6) is 0. The molecule has 1 N–H and O–H groups in total. The number of nitrogens with one attached hydrogen (secondary N) is 1. The van der Waals surface area contributed by atoms with Gasteiger partial charge in [-0.2, -0.15) is 9.64 Å². The maximum absolute atomic E-state index is 9.36. The molecule has 0 aliphatic heterocycles. The van der Waals surface area contributed by atoms with Gasteiger partial charge in [0.15, 0.2) is 4.34 Å². The molecular formula is C11H16N4S2. The van der Waals surface area contributed by atoms with Gasteiger partial charge in [0.2, 0.25) is 0 Å². The fraction of sp³-hybridized carbons (Fsp3) is 0.727. The molecule has 0 aromatic carbocycles. The van der Waals surface area contributed by atoms with Crippen molar-refractivity contribution >= 4 is 23.3 Å². The molecule has 0 amide bonds. The molecule has 1 saturated carbocycles. The van der Waals surface area contributed by atoms with E-state index in [1.54, 1.807) is 18.1 Å². The van der Waals surface area contributed by atoms with Gasteiger partial charge in [0.1, 0.15) is 11.9 Å². The monoisotopic (exact) mass is 268 g/mol. The number of nitrogens with zero attached hydrogens (tertiary/aromatic N) is 3. The molecule has 4 nitrogen and oxygen atoms in total. The molecule has 0 spiro atoms. The highest BCUT2D eigenvalue weighted by Crippen LogP contribution is 2.40. The first-order chi connectivity index (χ1) is 8.13. The van der Waals surface area contributed by atoms with Crippen LogP contribution >= 0.6 is 23.3 Å². The van der Waals surface area contributed by atoms with Gasteiger partial charge in [-0.1, -0.05) is 11.8 Å². The van der Waals surface area contributed by atoms with E-state index in [9.17, 15) is 5.26 Å². The van der Waals surface area contributed by atoms with Crippen LogP contribution in [0.1, 0.15) is 33.1 Å². The third-order valence-corrected chi connectivity index (χ3v) is 4.87. The largest absolute Gasteiger partial charge is 0.297 e. The quantitative estimate of drug-likeness (QED) is 0.908. The Morgan fingerprint density at radius 2 is 2.53 bits per heavy atom. The van der Waals surface area contributed by atoms with E-state index >= 15 is 0 Å². The summed E-state index contributed by atoms with van der Waals surface area (Å²) >= 11 is 3.19. The van der Waals surface area contributed by atoms with Crippen LogP contribution in [0, 0.1) is 11.3 Å². The summed E-state index contributed by atoms with van der Waals surface area (Å²) in [5.41, 5.74) is -0.337. The van der Waals surface area contributed by atoms with Gasteiger partial charge in [-0.15, -0.1) is 0 Å². The molecule has 2 atom stereocenters. The maximum atomic E-state index is 9.36. The summed E-state index contributed by atoms with van der Waals surface area (Å²) in [7, 11) is 0. The predicted octanol–water partition coefficient (Wildman–Crippen LogP) is 2.44. The summed E-state index contributed by atoms with van der Waals surface area (Å²) in [6.45, 7) is 4.18. The fourth-order valence-corrected chi connectivity index (χ4v) is 4.26. The number of thioether (sulfide) groups is 1. The van der Waals surface area contributed by atoms with Crippen LogP contribution in [0.15, 0.2) is 10.7 Å². The highest BCUT2D eigenvalue weighted by atomic mass is 32.2. The van der Waals surface area contributed by atoms with Crippen LogP contribution in [0.4, 0.5) is 0 Å². The van der Waals surface area contributed by atoms with E-state index in [4.69, 9.17) is 0 Å². The van der Waals surface area contributed by atoms with Crippen LogP contribution in [0.3, 0.4) is 0 Å². The van der Waals surface area contributed by atoms with Crippen molar-refractivity contribution in [1.29, 1.82) is 5.26 Å². The molecule has 6 heteroatoms. The summed E-state index contributed by atoms with van der Waals surface area (Å²) < 4.78 is 5.01. The molecule has 1 aromatic rings. The first-order valence-corrected chi connectivity index (χ1v) is 7.41. The summed E-state index contributed by atoms with van der Waals surface area (Å²) in [4.78, 5) is 4.18. The highest BCUT2D eigenvalue weighted by Gasteiger charge is 2.40. The van der Waals surface area contributed by atoms with E-state index < -0.39 is 0 Å². The average molecular weight is 268 g/mol. The number of hydrogen-bond acceptors (Lipinski definition) is 6. The lowest BCUT2D eigenvalue weighted by atomic mass is 9.99. The van der Waals surface area contributed by atoms with Crippen LogP contribution < -0.4 is 5.32 Å². The zero-order valence-electron chi connectivity index (χ0n) is 10.0. The number of hydrogen-bond donors (Lipinski definition) is 1. The molecule has 2 rings (SSSR count). The zero-order chi connectivity index (χ0) is 12.3. The smallest absolute Gasteiger partial charge is 0.170 e. The van der Waals surface area contributed by atoms with Gasteiger partial charge in [-0.05, 0) is 44.6 Å². The first-order valence-electron chi connectivity index (χ1n) is 5.76. The normalized spacial score (nSPS) is 28.5. The standard InChI is InChI=1S/C11H16N4S2/c1-8(2)15-11(6-12)4-3-9(5-11)16-10-13-7-14-17-10/h7-9,15H,3-5H2,1-2H3. The predicted molar refractivity (Wildman–Crippen MR) is 70.0 cm³/mol. The molecule has 1 aromatic heterocycles. The first kappa shape index (κ1) is 12.8. The van der Waals surface area contributed by atoms with Gasteiger partial charge < -0.3 is 0 Å². The van der Waals surface area contributed by atoms with Crippen LogP contribution in [-0.2, 0) is 0 Å². The Hall–Kier alpha value is -0.640.